The van der Waals surface area contributed by atoms with Crippen molar-refractivity contribution < 1.29 is 9.13 Å². The van der Waals surface area contributed by atoms with E-state index in [1.165, 1.54) is 5.56 Å². The number of hydrogen-bond acceptors (Lipinski definition) is 4. The lowest BCUT2D eigenvalue weighted by molar-refractivity contribution is 0.130. The number of nitrogens with zero attached hydrogens (tertiary/aromatic N) is 2. The molecule has 0 radical (unpaired) electrons. The monoisotopic (exact) mass is 327 g/mol. The highest BCUT2D eigenvalue weighted by Crippen LogP contribution is 2.33. The van der Waals surface area contributed by atoms with Crippen LogP contribution in [0.3, 0.4) is 0 Å². The molecular formula is C19H22FN3O. The molecule has 1 N–H and O–H groups in total. The van der Waals surface area contributed by atoms with E-state index in [4.69, 9.17) is 4.74 Å². The van der Waals surface area contributed by atoms with Gasteiger partial charge in [-0.05, 0) is 61.8 Å². The van der Waals surface area contributed by atoms with Crippen LogP contribution in [0.5, 0.6) is 5.88 Å². The van der Waals surface area contributed by atoms with Gasteiger partial charge in [-0.15, -0.1) is 0 Å². The summed E-state index contributed by atoms with van der Waals surface area (Å²) in [5.74, 6) is 0.470. The summed E-state index contributed by atoms with van der Waals surface area (Å²) in [4.78, 5) is 8.20. The maximum Gasteiger partial charge on any atom is 0.232 e. The van der Waals surface area contributed by atoms with Gasteiger partial charge in [-0.2, -0.15) is 0 Å². The van der Waals surface area contributed by atoms with Crippen LogP contribution in [0.15, 0.2) is 36.8 Å². The largest absolute Gasteiger partial charge is 0.473 e. The maximum absolute atomic E-state index is 13.5. The van der Waals surface area contributed by atoms with Crippen molar-refractivity contribution >= 4 is 0 Å². The predicted octanol–water partition coefficient (Wildman–Crippen LogP) is 3.58. The quantitative estimate of drug-likeness (QED) is 0.932. The van der Waals surface area contributed by atoms with Gasteiger partial charge in [0, 0.05) is 24.5 Å². The van der Waals surface area contributed by atoms with Gasteiger partial charge in [0.1, 0.15) is 11.9 Å². The lowest BCUT2D eigenvalue weighted by Gasteiger charge is -2.31. The van der Waals surface area contributed by atoms with Gasteiger partial charge in [-0.25, -0.2) is 9.37 Å². The molecule has 0 bridgehead atoms. The van der Waals surface area contributed by atoms with E-state index < -0.39 is 0 Å². The molecule has 1 saturated carbocycles. The van der Waals surface area contributed by atoms with Gasteiger partial charge < -0.3 is 10.1 Å². The second-order valence-electron chi connectivity index (χ2n) is 6.74. The van der Waals surface area contributed by atoms with Gasteiger partial charge in [0.25, 0.3) is 0 Å². The molecule has 4 nitrogen and oxygen atoms in total. The number of rotatable bonds is 4. The minimum atomic E-state index is -0.136. The van der Waals surface area contributed by atoms with E-state index in [1.54, 1.807) is 30.7 Å². The molecule has 2 aliphatic carbocycles. The number of halogens is 1. The number of hydrogen-bond donors (Lipinski definition) is 1. The Balaban J connectivity index is 1.31. The minimum absolute atomic E-state index is 0.136. The van der Waals surface area contributed by atoms with E-state index in [1.807, 2.05) is 6.07 Å². The average Bonchev–Trinajstić information content (AvgIpc) is 3.00. The molecule has 126 valence electrons. The fourth-order valence-corrected chi connectivity index (χ4v) is 3.90. The molecule has 2 aliphatic rings. The molecule has 1 aromatic heterocycles. The molecule has 1 fully saturated rings. The van der Waals surface area contributed by atoms with Gasteiger partial charge in [-0.1, -0.05) is 6.07 Å². The summed E-state index contributed by atoms with van der Waals surface area (Å²) >= 11 is 0. The van der Waals surface area contributed by atoms with Crippen molar-refractivity contribution in [2.45, 2.75) is 56.7 Å². The third-order valence-electron chi connectivity index (χ3n) is 5.12. The summed E-state index contributed by atoms with van der Waals surface area (Å²) in [5, 5.41) is 3.74. The van der Waals surface area contributed by atoms with Gasteiger partial charge in [0.2, 0.25) is 5.88 Å². The van der Waals surface area contributed by atoms with E-state index in [0.717, 1.165) is 44.1 Å². The predicted molar refractivity (Wildman–Crippen MR) is 89.3 cm³/mol. The first-order valence-corrected chi connectivity index (χ1v) is 8.75. The SMILES string of the molecule is Fc1ccc2c(c1)C(NC1CCC(Oc3cnccn3)CC1)CC2. The second-order valence-corrected chi connectivity index (χ2v) is 6.74. The highest BCUT2D eigenvalue weighted by atomic mass is 19.1. The summed E-state index contributed by atoms with van der Waals surface area (Å²) in [6.07, 6.45) is 11.5. The average molecular weight is 327 g/mol. The molecular weight excluding hydrogens is 305 g/mol. The number of nitrogens with one attached hydrogen (secondary N) is 1. The van der Waals surface area contributed by atoms with Gasteiger partial charge in [0.05, 0.1) is 6.20 Å². The molecule has 4 rings (SSSR count). The van der Waals surface area contributed by atoms with Gasteiger partial charge in [-0.3, -0.25) is 4.98 Å². The molecule has 1 heterocycles. The van der Waals surface area contributed by atoms with E-state index in [2.05, 4.69) is 15.3 Å². The Hall–Kier alpha value is -2.01. The fourth-order valence-electron chi connectivity index (χ4n) is 3.90. The van der Waals surface area contributed by atoms with Gasteiger partial charge in [0.15, 0.2) is 0 Å². The summed E-state index contributed by atoms with van der Waals surface area (Å²) < 4.78 is 19.4. The summed E-state index contributed by atoms with van der Waals surface area (Å²) in [7, 11) is 0. The van der Waals surface area contributed by atoms with Crippen molar-refractivity contribution in [3.8, 4) is 5.88 Å². The van der Waals surface area contributed by atoms with Crippen LogP contribution in [0.2, 0.25) is 0 Å². The smallest absolute Gasteiger partial charge is 0.232 e. The Kier molecular flexibility index (Phi) is 4.43. The van der Waals surface area contributed by atoms with Crippen LogP contribution >= 0.6 is 0 Å². The van der Waals surface area contributed by atoms with Crippen molar-refractivity contribution in [3.05, 3.63) is 53.7 Å². The summed E-state index contributed by atoms with van der Waals surface area (Å²) in [5.41, 5.74) is 2.43. The van der Waals surface area contributed by atoms with Crippen LogP contribution < -0.4 is 10.1 Å². The Morgan fingerprint density at radius 2 is 1.96 bits per heavy atom. The van der Waals surface area contributed by atoms with Crippen molar-refractivity contribution in [2.75, 3.05) is 0 Å². The molecule has 2 aromatic rings. The van der Waals surface area contributed by atoms with E-state index in [9.17, 15) is 4.39 Å². The van der Waals surface area contributed by atoms with Crippen LogP contribution in [0.25, 0.3) is 0 Å². The van der Waals surface area contributed by atoms with Crippen LogP contribution in [0.4, 0.5) is 4.39 Å². The molecule has 0 spiro atoms. The standard InChI is InChI=1S/C19H22FN3O/c20-14-3-1-13-2-8-18(17(13)11-14)23-15-4-6-16(7-5-15)24-19-12-21-9-10-22-19/h1,3,9-12,15-16,18,23H,2,4-8H2. The molecule has 0 saturated heterocycles. The Labute approximate surface area is 141 Å². The van der Waals surface area contributed by atoms with Crippen LogP contribution in [0.1, 0.15) is 49.3 Å². The third-order valence-corrected chi connectivity index (χ3v) is 5.12. The number of ether oxygens (including phenoxy) is 1. The van der Waals surface area contributed by atoms with E-state index in [-0.39, 0.29) is 18.0 Å². The zero-order chi connectivity index (χ0) is 16.4. The fraction of sp³-hybridized carbons (Fsp3) is 0.474. The Bertz CT molecular complexity index is 686. The maximum atomic E-state index is 13.5. The highest BCUT2D eigenvalue weighted by molar-refractivity contribution is 5.35. The molecule has 0 amide bonds. The molecule has 1 atom stereocenters. The van der Waals surface area contributed by atoms with Crippen molar-refractivity contribution in [1.29, 1.82) is 0 Å². The number of fused-ring (bicyclic) bond motifs is 1. The molecule has 24 heavy (non-hydrogen) atoms. The topological polar surface area (TPSA) is 47.0 Å². The normalized spacial score (nSPS) is 26.1. The Morgan fingerprint density at radius 1 is 1.08 bits per heavy atom. The number of aryl methyl sites for hydroxylation is 1. The first-order chi connectivity index (χ1) is 11.8. The minimum Gasteiger partial charge on any atom is -0.473 e. The van der Waals surface area contributed by atoms with Crippen molar-refractivity contribution in [3.63, 3.8) is 0 Å². The number of benzene rings is 1. The molecule has 1 unspecified atom stereocenters. The van der Waals surface area contributed by atoms with E-state index in [0.29, 0.717) is 11.9 Å². The first kappa shape index (κ1) is 15.5. The third kappa shape index (κ3) is 3.41. The van der Waals surface area contributed by atoms with Crippen LogP contribution in [-0.2, 0) is 6.42 Å². The highest BCUT2D eigenvalue weighted by Gasteiger charge is 2.28. The van der Waals surface area contributed by atoms with Crippen LogP contribution in [0, 0.1) is 5.82 Å². The lowest BCUT2D eigenvalue weighted by atomic mass is 9.92. The zero-order valence-corrected chi connectivity index (χ0v) is 13.6. The second kappa shape index (κ2) is 6.85. The molecule has 5 heteroatoms. The lowest BCUT2D eigenvalue weighted by Crippen LogP contribution is -2.38. The molecule has 1 aromatic carbocycles. The molecule has 0 aliphatic heterocycles. The van der Waals surface area contributed by atoms with Gasteiger partial charge >= 0.3 is 0 Å². The Morgan fingerprint density at radius 3 is 2.75 bits per heavy atom. The first-order valence-electron chi connectivity index (χ1n) is 8.75. The van der Waals surface area contributed by atoms with Crippen molar-refractivity contribution in [1.82, 2.24) is 15.3 Å². The van der Waals surface area contributed by atoms with E-state index >= 15 is 0 Å². The van der Waals surface area contributed by atoms with Crippen molar-refractivity contribution in [2.24, 2.45) is 0 Å². The zero-order valence-electron chi connectivity index (χ0n) is 13.6. The van der Waals surface area contributed by atoms with Crippen LogP contribution in [-0.4, -0.2) is 22.1 Å². The summed E-state index contributed by atoms with van der Waals surface area (Å²) in [6, 6.07) is 5.96. The summed E-state index contributed by atoms with van der Waals surface area (Å²) in [6.45, 7) is 0. The number of aromatic nitrogens is 2.